The van der Waals surface area contributed by atoms with Crippen molar-refractivity contribution in [3.63, 3.8) is 0 Å². The number of aryl methyl sites for hydroxylation is 1. The summed E-state index contributed by atoms with van der Waals surface area (Å²) < 4.78 is 7.78. The second kappa shape index (κ2) is 4.61. The van der Waals surface area contributed by atoms with Crippen molar-refractivity contribution in [3.8, 4) is 0 Å². The summed E-state index contributed by atoms with van der Waals surface area (Å²) in [4.78, 5) is 4.68. The van der Waals surface area contributed by atoms with Crippen LogP contribution < -0.4 is 5.73 Å². The Balaban J connectivity index is 2.01. The molecule has 1 aliphatic rings. The molecule has 0 amide bonds. The molecule has 1 unspecified atom stereocenters. The molecule has 4 nitrogen and oxygen atoms in total. The molecule has 0 bridgehead atoms. The second-order valence-electron chi connectivity index (χ2n) is 4.97. The number of hydrogen-bond donors (Lipinski definition) is 1. The lowest BCUT2D eigenvalue weighted by Gasteiger charge is -2.12. The van der Waals surface area contributed by atoms with Gasteiger partial charge in [-0.15, -0.1) is 0 Å². The third-order valence-corrected chi connectivity index (χ3v) is 3.63. The minimum atomic E-state index is 0.616. The van der Waals surface area contributed by atoms with Gasteiger partial charge in [0, 0.05) is 31.2 Å². The second-order valence-corrected chi connectivity index (χ2v) is 4.97. The third kappa shape index (κ3) is 1.97. The van der Waals surface area contributed by atoms with Gasteiger partial charge in [-0.1, -0.05) is 6.92 Å². The van der Waals surface area contributed by atoms with E-state index >= 15 is 0 Å². The fourth-order valence-electron chi connectivity index (χ4n) is 2.66. The van der Waals surface area contributed by atoms with Gasteiger partial charge < -0.3 is 15.0 Å². The number of benzene rings is 1. The number of ether oxygens (including phenoxy) is 1. The summed E-state index contributed by atoms with van der Waals surface area (Å²) in [5, 5.41) is 0. The topological polar surface area (TPSA) is 53.1 Å². The van der Waals surface area contributed by atoms with Gasteiger partial charge in [-0.2, -0.15) is 0 Å². The fourth-order valence-corrected chi connectivity index (χ4v) is 2.66. The Labute approximate surface area is 107 Å². The van der Waals surface area contributed by atoms with Crippen LogP contribution in [0, 0.1) is 5.92 Å². The molecule has 1 aromatic heterocycles. The van der Waals surface area contributed by atoms with Crippen molar-refractivity contribution in [1.82, 2.24) is 9.55 Å². The first-order valence-electron chi connectivity index (χ1n) is 6.60. The Morgan fingerprint density at radius 3 is 3.11 bits per heavy atom. The van der Waals surface area contributed by atoms with E-state index in [9.17, 15) is 0 Å². The van der Waals surface area contributed by atoms with Gasteiger partial charge in [0.1, 0.15) is 5.82 Å². The lowest BCUT2D eigenvalue weighted by molar-refractivity contribution is 0.182. The molecule has 1 atom stereocenters. The van der Waals surface area contributed by atoms with Crippen molar-refractivity contribution >= 4 is 16.7 Å². The molecule has 1 aliphatic heterocycles. The highest BCUT2D eigenvalue weighted by Gasteiger charge is 2.19. The molecule has 1 aromatic carbocycles. The molecule has 1 fully saturated rings. The maximum Gasteiger partial charge on any atom is 0.109 e. The maximum absolute atomic E-state index is 5.82. The quantitative estimate of drug-likeness (QED) is 0.844. The van der Waals surface area contributed by atoms with Gasteiger partial charge >= 0.3 is 0 Å². The normalized spacial score (nSPS) is 19.7. The van der Waals surface area contributed by atoms with E-state index in [1.165, 1.54) is 5.52 Å². The van der Waals surface area contributed by atoms with Crippen molar-refractivity contribution in [1.29, 1.82) is 0 Å². The summed E-state index contributed by atoms with van der Waals surface area (Å²) in [5.41, 5.74) is 8.79. The van der Waals surface area contributed by atoms with Crippen molar-refractivity contribution in [2.45, 2.75) is 26.3 Å². The Morgan fingerprint density at radius 2 is 2.39 bits per heavy atom. The predicted molar refractivity (Wildman–Crippen MR) is 72.4 cm³/mol. The summed E-state index contributed by atoms with van der Waals surface area (Å²) in [6.45, 7) is 4.92. The van der Waals surface area contributed by atoms with Gasteiger partial charge in [-0.25, -0.2) is 4.98 Å². The summed E-state index contributed by atoms with van der Waals surface area (Å²) >= 11 is 0. The van der Waals surface area contributed by atoms with E-state index < -0.39 is 0 Å². The molecule has 2 aromatic rings. The number of nitrogens with two attached hydrogens (primary N) is 1. The lowest BCUT2D eigenvalue weighted by atomic mass is 10.1. The van der Waals surface area contributed by atoms with Crippen LogP contribution in [-0.4, -0.2) is 22.8 Å². The zero-order valence-electron chi connectivity index (χ0n) is 10.7. The van der Waals surface area contributed by atoms with E-state index in [0.29, 0.717) is 5.92 Å². The highest BCUT2D eigenvalue weighted by Crippen LogP contribution is 2.23. The van der Waals surface area contributed by atoms with Crippen LogP contribution in [0.1, 0.15) is 19.2 Å². The number of rotatable bonds is 3. The summed E-state index contributed by atoms with van der Waals surface area (Å²) in [6, 6.07) is 5.98. The Hall–Kier alpha value is -1.55. The first kappa shape index (κ1) is 11.5. The van der Waals surface area contributed by atoms with E-state index in [2.05, 4.69) is 22.5 Å². The van der Waals surface area contributed by atoms with Crippen LogP contribution in [-0.2, 0) is 17.7 Å². The average Bonchev–Trinajstić information content (AvgIpc) is 2.97. The summed E-state index contributed by atoms with van der Waals surface area (Å²) in [6.07, 6.45) is 2.10. The van der Waals surface area contributed by atoms with Gasteiger partial charge in [0.2, 0.25) is 0 Å². The van der Waals surface area contributed by atoms with E-state index in [1.807, 2.05) is 12.1 Å². The van der Waals surface area contributed by atoms with Gasteiger partial charge in [0.15, 0.2) is 0 Å². The van der Waals surface area contributed by atoms with Crippen molar-refractivity contribution in [2.24, 2.45) is 5.92 Å². The van der Waals surface area contributed by atoms with Crippen LogP contribution in [0.4, 0.5) is 5.69 Å². The van der Waals surface area contributed by atoms with Crippen LogP contribution in [0.15, 0.2) is 18.2 Å². The highest BCUT2D eigenvalue weighted by atomic mass is 16.5. The maximum atomic E-state index is 5.82. The fraction of sp³-hybridized carbons (Fsp3) is 0.500. The molecule has 2 heterocycles. The summed E-state index contributed by atoms with van der Waals surface area (Å²) in [7, 11) is 0. The Morgan fingerprint density at radius 1 is 1.50 bits per heavy atom. The SMILES string of the molecule is CCc1nc2cc(N)ccc2n1CC1CCOC1. The molecular formula is C14H19N3O. The zero-order valence-corrected chi connectivity index (χ0v) is 10.7. The van der Waals surface area contributed by atoms with Crippen LogP contribution in [0.25, 0.3) is 11.0 Å². The molecule has 0 aliphatic carbocycles. The first-order chi connectivity index (χ1) is 8.78. The number of hydrogen-bond acceptors (Lipinski definition) is 3. The van der Waals surface area contributed by atoms with Crippen molar-refractivity contribution < 1.29 is 4.74 Å². The standard InChI is InChI=1S/C14H19N3O/c1-2-14-16-12-7-11(15)3-4-13(12)17(14)8-10-5-6-18-9-10/h3-4,7,10H,2,5-6,8-9,15H2,1H3. The van der Waals surface area contributed by atoms with Crippen LogP contribution in [0.2, 0.25) is 0 Å². The first-order valence-corrected chi connectivity index (χ1v) is 6.60. The molecule has 0 radical (unpaired) electrons. The van der Waals surface area contributed by atoms with Crippen molar-refractivity contribution in [2.75, 3.05) is 18.9 Å². The van der Waals surface area contributed by atoms with Crippen molar-refractivity contribution in [3.05, 3.63) is 24.0 Å². The number of anilines is 1. The molecule has 2 N–H and O–H groups in total. The summed E-state index contributed by atoms with van der Waals surface area (Å²) in [5.74, 6) is 1.76. The smallest absolute Gasteiger partial charge is 0.109 e. The van der Waals surface area contributed by atoms with E-state index in [0.717, 1.165) is 49.6 Å². The molecule has 0 spiro atoms. The minimum absolute atomic E-state index is 0.616. The van der Waals surface area contributed by atoms with E-state index in [-0.39, 0.29) is 0 Å². The predicted octanol–water partition coefficient (Wildman–Crippen LogP) is 2.22. The molecule has 96 valence electrons. The number of nitrogen functional groups attached to an aromatic ring is 1. The van der Waals surface area contributed by atoms with Gasteiger partial charge in [0.25, 0.3) is 0 Å². The molecule has 3 rings (SSSR count). The Kier molecular flexibility index (Phi) is 2.96. The zero-order chi connectivity index (χ0) is 12.5. The molecular weight excluding hydrogens is 226 g/mol. The molecule has 18 heavy (non-hydrogen) atoms. The molecule has 0 saturated carbocycles. The largest absolute Gasteiger partial charge is 0.399 e. The van der Waals surface area contributed by atoms with E-state index in [1.54, 1.807) is 0 Å². The van der Waals surface area contributed by atoms with Gasteiger partial charge in [-0.3, -0.25) is 0 Å². The number of imidazole rings is 1. The number of aromatic nitrogens is 2. The van der Waals surface area contributed by atoms with Gasteiger partial charge in [-0.05, 0) is 24.6 Å². The average molecular weight is 245 g/mol. The van der Waals surface area contributed by atoms with Gasteiger partial charge in [0.05, 0.1) is 17.6 Å². The van der Waals surface area contributed by atoms with Crippen LogP contribution in [0.3, 0.4) is 0 Å². The molecule has 1 saturated heterocycles. The third-order valence-electron chi connectivity index (χ3n) is 3.63. The number of nitrogens with zero attached hydrogens (tertiary/aromatic N) is 2. The van der Waals surface area contributed by atoms with Crippen LogP contribution >= 0.6 is 0 Å². The Bertz CT molecular complexity index is 555. The van der Waals surface area contributed by atoms with Crippen LogP contribution in [0.5, 0.6) is 0 Å². The monoisotopic (exact) mass is 245 g/mol. The number of fused-ring (bicyclic) bond motifs is 1. The minimum Gasteiger partial charge on any atom is -0.399 e. The lowest BCUT2D eigenvalue weighted by Crippen LogP contribution is -2.12. The highest BCUT2D eigenvalue weighted by molar-refractivity contribution is 5.79. The molecule has 4 heteroatoms. The van der Waals surface area contributed by atoms with E-state index in [4.69, 9.17) is 10.5 Å².